The number of carbonyl (C=O) groups excluding carboxylic acids is 3. The number of ether oxygens (including phenoxy) is 1. The molecule has 0 aliphatic heterocycles. The lowest BCUT2D eigenvalue weighted by molar-refractivity contribution is -0.153. The van der Waals surface area contributed by atoms with Crippen molar-refractivity contribution in [2.45, 2.75) is 19.6 Å². The Morgan fingerprint density at radius 2 is 1.83 bits per heavy atom. The molecule has 0 aliphatic rings. The van der Waals surface area contributed by atoms with Crippen LogP contribution in [0.5, 0.6) is 0 Å². The van der Waals surface area contributed by atoms with Crippen molar-refractivity contribution in [3.63, 3.8) is 0 Å². The van der Waals surface area contributed by atoms with Gasteiger partial charge in [0.25, 0.3) is 11.5 Å². The lowest BCUT2D eigenvalue weighted by Crippen LogP contribution is -2.33. The number of anilines is 1. The molecule has 1 aromatic heterocycles. The molecule has 0 saturated carbocycles. The number of nitrogens with two attached hydrogens (primary N) is 1. The van der Waals surface area contributed by atoms with E-state index in [1.807, 2.05) is 0 Å². The van der Waals surface area contributed by atoms with Crippen molar-refractivity contribution in [3.8, 4) is 0 Å². The standard InChI is InChI=1S/C20H18N4O5/c1-12(19(27)23-14-8-6-13(7-9-14)18(21)26)29-17(25)10-24-11-22-16-5-3-2-4-15(16)20(24)28/h2-9,11-12H,10H2,1H3,(H2,21,26)(H,23,27)/t12-/m0/s1. The molecule has 1 atom stereocenters. The maximum absolute atomic E-state index is 12.4. The molecule has 0 saturated heterocycles. The second-order valence-electron chi connectivity index (χ2n) is 6.26. The van der Waals surface area contributed by atoms with Gasteiger partial charge >= 0.3 is 5.97 Å². The van der Waals surface area contributed by atoms with E-state index in [4.69, 9.17) is 10.5 Å². The minimum Gasteiger partial charge on any atom is -0.451 e. The highest BCUT2D eigenvalue weighted by atomic mass is 16.5. The Kier molecular flexibility index (Phi) is 5.68. The maximum atomic E-state index is 12.4. The highest BCUT2D eigenvalue weighted by Gasteiger charge is 2.19. The fraction of sp³-hybridized carbons (Fsp3) is 0.150. The van der Waals surface area contributed by atoms with Gasteiger partial charge in [-0.1, -0.05) is 12.1 Å². The summed E-state index contributed by atoms with van der Waals surface area (Å²) in [7, 11) is 0. The summed E-state index contributed by atoms with van der Waals surface area (Å²) < 4.78 is 6.23. The number of fused-ring (bicyclic) bond motifs is 1. The van der Waals surface area contributed by atoms with Crippen molar-refractivity contribution in [2.24, 2.45) is 5.73 Å². The Labute approximate surface area is 165 Å². The second-order valence-corrected chi connectivity index (χ2v) is 6.26. The van der Waals surface area contributed by atoms with E-state index >= 15 is 0 Å². The zero-order valence-corrected chi connectivity index (χ0v) is 15.5. The molecule has 1 heterocycles. The highest BCUT2D eigenvalue weighted by molar-refractivity contribution is 5.96. The van der Waals surface area contributed by atoms with E-state index in [2.05, 4.69) is 10.3 Å². The van der Waals surface area contributed by atoms with E-state index in [1.54, 1.807) is 24.3 Å². The van der Waals surface area contributed by atoms with Crippen molar-refractivity contribution in [1.82, 2.24) is 9.55 Å². The first-order chi connectivity index (χ1) is 13.8. The largest absolute Gasteiger partial charge is 0.451 e. The molecule has 0 fully saturated rings. The van der Waals surface area contributed by atoms with E-state index < -0.39 is 23.9 Å². The molecular formula is C20H18N4O5. The van der Waals surface area contributed by atoms with Crippen molar-refractivity contribution >= 4 is 34.4 Å². The smallest absolute Gasteiger partial charge is 0.326 e. The molecule has 3 aromatic rings. The molecule has 9 nitrogen and oxygen atoms in total. The van der Waals surface area contributed by atoms with Crippen LogP contribution in [-0.2, 0) is 20.9 Å². The van der Waals surface area contributed by atoms with Crippen LogP contribution in [0.15, 0.2) is 59.7 Å². The molecule has 0 aliphatic carbocycles. The molecule has 0 spiro atoms. The third-order valence-corrected chi connectivity index (χ3v) is 4.15. The molecule has 3 N–H and O–H groups in total. The fourth-order valence-corrected chi connectivity index (χ4v) is 2.61. The fourth-order valence-electron chi connectivity index (χ4n) is 2.61. The van der Waals surface area contributed by atoms with Gasteiger partial charge in [-0.25, -0.2) is 4.98 Å². The van der Waals surface area contributed by atoms with Crippen LogP contribution in [0.1, 0.15) is 17.3 Å². The van der Waals surface area contributed by atoms with E-state index in [-0.39, 0.29) is 12.1 Å². The minimum atomic E-state index is -1.09. The highest BCUT2D eigenvalue weighted by Crippen LogP contribution is 2.10. The third-order valence-electron chi connectivity index (χ3n) is 4.15. The number of nitrogens with one attached hydrogen (secondary N) is 1. The summed E-state index contributed by atoms with van der Waals surface area (Å²) >= 11 is 0. The van der Waals surface area contributed by atoms with Crippen LogP contribution in [0, 0.1) is 0 Å². The summed E-state index contributed by atoms with van der Waals surface area (Å²) in [6.07, 6.45) is 0.166. The van der Waals surface area contributed by atoms with Crippen LogP contribution < -0.4 is 16.6 Å². The Bertz CT molecular complexity index is 1140. The Hall–Kier alpha value is -4.01. The van der Waals surface area contributed by atoms with Crippen LogP contribution in [0.2, 0.25) is 0 Å². The van der Waals surface area contributed by atoms with Crippen molar-refractivity contribution < 1.29 is 19.1 Å². The summed E-state index contributed by atoms with van der Waals surface area (Å²) in [4.78, 5) is 51.9. The van der Waals surface area contributed by atoms with E-state index in [1.165, 1.54) is 37.5 Å². The van der Waals surface area contributed by atoms with Crippen LogP contribution in [0.4, 0.5) is 5.69 Å². The average Bonchev–Trinajstić information content (AvgIpc) is 2.70. The van der Waals surface area contributed by atoms with Crippen LogP contribution >= 0.6 is 0 Å². The second kappa shape index (κ2) is 8.34. The van der Waals surface area contributed by atoms with Gasteiger partial charge in [-0.15, -0.1) is 0 Å². The SMILES string of the molecule is C[C@H](OC(=O)Cn1cnc2ccccc2c1=O)C(=O)Nc1ccc(C(N)=O)cc1. The number of amides is 2. The quantitative estimate of drug-likeness (QED) is 0.601. The van der Waals surface area contributed by atoms with Crippen LogP contribution in [0.25, 0.3) is 10.9 Å². The number of esters is 1. The Morgan fingerprint density at radius 1 is 1.14 bits per heavy atom. The predicted molar refractivity (Wildman–Crippen MR) is 105 cm³/mol. The number of aromatic nitrogens is 2. The molecule has 3 rings (SSSR count). The normalized spacial score (nSPS) is 11.6. The molecule has 148 valence electrons. The summed E-state index contributed by atoms with van der Waals surface area (Å²) in [5.41, 5.74) is 6.03. The number of benzene rings is 2. The first-order valence-corrected chi connectivity index (χ1v) is 8.69. The maximum Gasteiger partial charge on any atom is 0.326 e. The van der Waals surface area contributed by atoms with E-state index in [9.17, 15) is 19.2 Å². The Morgan fingerprint density at radius 3 is 2.52 bits per heavy atom. The lowest BCUT2D eigenvalue weighted by Gasteiger charge is -2.14. The van der Waals surface area contributed by atoms with Gasteiger partial charge in [0, 0.05) is 11.3 Å². The number of nitrogens with zero attached hydrogens (tertiary/aromatic N) is 2. The van der Waals surface area contributed by atoms with Crippen LogP contribution in [-0.4, -0.2) is 33.4 Å². The van der Waals surface area contributed by atoms with Crippen molar-refractivity contribution in [1.29, 1.82) is 0 Å². The first-order valence-electron chi connectivity index (χ1n) is 8.69. The molecule has 0 bridgehead atoms. The topological polar surface area (TPSA) is 133 Å². The van der Waals surface area contributed by atoms with Gasteiger partial charge in [0.05, 0.1) is 17.2 Å². The molecule has 2 amide bonds. The number of hydrogen-bond donors (Lipinski definition) is 2. The zero-order valence-electron chi connectivity index (χ0n) is 15.5. The molecule has 9 heteroatoms. The molecule has 0 unspecified atom stereocenters. The van der Waals surface area contributed by atoms with Crippen molar-refractivity contribution in [2.75, 3.05) is 5.32 Å². The van der Waals surface area contributed by atoms with Gasteiger partial charge in [0.15, 0.2) is 6.10 Å². The summed E-state index contributed by atoms with van der Waals surface area (Å²) in [6.45, 7) is 1.04. The monoisotopic (exact) mass is 394 g/mol. The molecule has 2 aromatic carbocycles. The van der Waals surface area contributed by atoms with Crippen LogP contribution in [0.3, 0.4) is 0 Å². The minimum absolute atomic E-state index is 0.303. The van der Waals surface area contributed by atoms with Crippen molar-refractivity contribution in [3.05, 3.63) is 70.8 Å². The van der Waals surface area contributed by atoms with Gasteiger partial charge in [0.1, 0.15) is 6.54 Å². The summed E-state index contributed by atoms with van der Waals surface area (Å²) in [5.74, 6) is -1.89. The van der Waals surface area contributed by atoms with Gasteiger partial charge < -0.3 is 15.8 Å². The predicted octanol–water partition coefficient (Wildman–Crippen LogP) is 1.07. The molecular weight excluding hydrogens is 376 g/mol. The average molecular weight is 394 g/mol. The summed E-state index contributed by atoms with van der Waals surface area (Å²) in [6, 6.07) is 12.7. The molecule has 0 radical (unpaired) electrons. The van der Waals surface area contributed by atoms with Gasteiger partial charge in [0.2, 0.25) is 5.91 Å². The first kappa shape index (κ1) is 19.7. The third kappa shape index (κ3) is 4.64. The summed E-state index contributed by atoms with van der Waals surface area (Å²) in [5, 5.41) is 2.95. The van der Waals surface area contributed by atoms with E-state index in [0.29, 0.717) is 22.2 Å². The number of primary amides is 1. The number of hydrogen-bond acceptors (Lipinski definition) is 6. The lowest BCUT2D eigenvalue weighted by atomic mass is 10.2. The van der Waals surface area contributed by atoms with E-state index in [0.717, 1.165) is 4.57 Å². The zero-order chi connectivity index (χ0) is 21.0. The number of carbonyl (C=O) groups is 3. The number of para-hydroxylation sites is 1. The Balaban J connectivity index is 1.61. The van der Waals surface area contributed by atoms with Gasteiger partial charge in [-0.3, -0.25) is 23.7 Å². The van der Waals surface area contributed by atoms with Gasteiger partial charge in [-0.2, -0.15) is 0 Å². The number of rotatable bonds is 6. The van der Waals surface area contributed by atoms with Gasteiger partial charge in [-0.05, 0) is 43.3 Å². The molecule has 29 heavy (non-hydrogen) atoms.